The summed E-state index contributed by atoms with van der Waals surface area (Å²) in [6.07, 6.45) is 1.17. The second kappa shape index (κ2) is 8.64. The number of anilines is 3. The predicted molar refractivity (Wildman–Crippen MR) is 121 cm³/mol. The Balaban J connectivity index is 1.64. The van der Waals surface area contributed by atoms with Crippen molar-refractivity contribution in [3.05, 3.63) is 87.9 Å². The molecule has 4 rings (SSSR count). The van der Waals surface area contributed by atoms with Crippen LogP contribution in [-0.4, -0.2) is 25.8 Å². The molecule has 0 radical (unpaired) electrons. The van der Waals surface area contributed by atoms with Gasteiger partial charge in [0.05, 0.1) is 10.4 Å². The maximum atomic E-state index is 12.5. The number of hydrogen-bond acceptors (Lipinski definition) is 8. The molecule has 32 heavy (non-hydrogen) atoms. The molecule has 0 fully saturated rings. The van der Waals surface area contributed by atoms with Crippen LogP contribution >= 0.6 is 0 Å². The molecule has 0 aliphatic rings. The first-order valence-corrected chi connectivity index (χ1v) is 9.69. The summed E-state index contributed by atoms with van der Waals surface area (Å²) in [5.41, 5.74) is 8.01. The van der Waals surface area contributed by atoms with Crippen LogP contribution in [0, 0.1) is 24.0 Å². The summed E-state index contributed by atoms with van der Waals surface area (Å²) in [5, 5.41) is 15.6. The zero-order valence-electron chi connectivity index (χ0n) is 17.3. The highest BCUT2D eigenvalue weighted by Gasteiger charge is 2.24. The number of hydrazine groups is 1. The van der Waals surface area contributed by atoms with Gasteiger partial charge in [0.2, 0.25) is 11.6 Å². The molecule has 2 heterocycles. The highest BCUT2D eigenvalue weighted by molar-refractivity contribution is 5.97. The molecule has 0 aliphatic heterocycles. The lowest BCUT2D eigenvalue weighted by atomic mass is 10.1. The first-order valence-electron chi connectivity index (χ1n) is 9.69. The molecular weight excluding hydrogens is 410 g/mol. The Kier molecular flexibility index (Phi) is 5.58. The third-order valence-corrected chi connectivity index (χ3v) is 4.81. The van der Waals surface area contributed by atoms with Crippen LogP contribution in [0.5, 0.6) is 0 Å². The summed E-state index contributed by atoms with van der Waals surface area (Å²) >= 11 is 0. The van der Waals surface area contributed by atoms with E-state index in [2.05, 4.69) is 31.1 Å². The number of benzene rings is 2. The minimum Gasteiger partial charge on any atom is -0.334 e. The predicted octanol–water partition coefficient (Wildman–Crippen LogP) is 4.05. The SMILES string of the molecule is Cc1ccc2c(Nc3ncnc(NNC(=O)c4ccccc4C)c3[N+](=O)[O-])cccc2n1. The zero-order chi connectivity index (χ0) is 22.7. The van der Waals surface area contributed by atoms with Gasteiger partial charge in [-0.2, -0.15) is 0 Å². The van der Waals surface area contributed by atoms with Crippen molar-refractivity contribution < 1.29 is 9.72 Å². The average molecular weight is 429 g/mol. The maximum Gasteiger partial charge on any atom is 0.355 e. The Morgan fingerprint density at radius 3 is 2.53 bits per heavy atom. The number of aryl methyl sites for hydroxylation is 2. The fourth-order valence-electron chi connectivity index (χ4n) is 3.24. The minimum absolute atomic E-state index is 0.0225. The van der Waals surface area contributed by atoms with E-state index in [-0.39, 0.29) is 11.6 Å². The fourth-order valence-corrected chi connectivity index (χ4v) is 3.24. The van der Waals surface area contributed by atoms with Crippen LogP contribution < -0.4 is 16.2 Å². The van der Waals surface area contributed by atoms with Gasteiger partial charge in [0.15, 0.2) is 0 Å². The van der Waals surface area contributed by atoms with E-state index in [9.17, 15) is 14.9 Å². The van der Waals surface area contributed by atoms with Crippen molar-refractivity contribution >= 4 is 39.8 Å². The van der Waals surface area contributed by atoms with E-state index < -0.39 is 16.5 Å². The van der Waals surface area contributed by atoms with Crippen LogP contribution in [0.15, 0.2) is 60.9 Å². The third kappa shape index (κ3) is 4.15. The van der Waals surface area contributed by atoms with Gasteiger partial charge in [-0.3, -0.25) is 30.7 Å². The molecule has 0 aliphatic carbocycles. The van der Waals surface area contributed by atoms with Gasteiger partial charge in [-0.1, -0.05) is 24.3 Å². The van der Waals surface area contributed by atoms with E-state index in [0.29, 0.717) is 11.3 Å². The quantitative estimate of drug-likeness (QED) is 0.309. The summed E-state index contributed by atoms with van der Waals surface area (Å²) in [4.78, 5) is 36.1. The van der Waals surface area contributed by atoms with Gasteiger partial charge in [0.1, 0.15) is 6.33 Å². The number of nitrogens with one attached hydrogen (secondary N) is 3. The lowest BCUT2D eigenvalue weighted by Gasteiger charge is -2.12. The first kappa shape index (κ1) is 20.7. The number of pyridine rings is 1. The van der Waals surface area contributed by atoms with Gasteiger partial charge < -0.3 is 5.32 Å². The van der Waals surface area contributed by atoms with Gasteiger partial charge in [-0.25, -0.2) is 9.97 Å². The number of hydrogen-bond donors (Lipinski definition) is 3. The van der Waals surface area contributed by atoms with Crippen LogP contribution in [0.25, 0.3) is 10.9 Å². The van der Waals surface area contributed by atoms with Crippen LogP contribution in [0.3, 0.4) is 0 Å². The molecule has 0 bridgehead atoms. The van der Waals surface area contributed by atoms with Gasteiger partial charge in [0.25, 0.3) is 5.91 Å². The number of carbonyl (C=O) groups is 1. The van der Waals surface area contributed by atoms with E-state index in [4.69, 9.17) is 0 Å². The van der Waals surface area contributed by atoms with E-state index in [0.717, 1.165) is 22.2 Å². The molecule has 10 nitrogen and oxygen atoms in total. The van der Waals surface area contributed by atoms with E-state index in [1.165, 1.54) is 6.33 Å². The number of amides is 1. The second-order valence-corrected chi connectivity index (χ2v) is 7.02. The number of fused-ring (bicyclic) bond motifs is 1. The molecule has 3 N–H and O–H groups in total. The molecule has 0 spiro atoms. The summed E-state index contributed by atoms with van der Waals surface area (Å²) < 4.78 is 0. The van der Waals surface area contributed by atoms with Crippen molar-refractivity contribution in [3.8, 4) is 0 Å². The Morgan fingerprint density at radius 2 is 1.75 bits per heavy atom. The van der Waals surface area contributed by atoms with Crippen molar-refractivity contribution in [3.63, 3.8) is 0 Å². The van der Waals surface area contributed by atoms with Crippen molar-refractivity contribution in [2.24, 2.45) is 0 Å². The topological polar surface area (TPSA) is 135 Å². The molecule has 0 atom stereocenters. The van der Waals surface area contributed by atoms with Crippen molar-refractivity contribution in [1.82, 2.24) is 20.4 Å². The first-order chi connectivity index (χ1) is 15.4. The highest BCUT2D eigenvalue weighted by Crippen LogP contribution is 2.33. The highest BCUT2D eigenvalue weighted by atomic mass is 16.6. The number of nitro groups is 1. The van der Waals surface area contributed by atoms with E-state index in [1.807, 2.05) is 31.2 Å². The number of nitrogens with zero attached hydrogens (tertiary/aromatic N) is 4. The summed E-state index contributed by atoms with van der Waals surface area (Å²) in [5.74, 6) is -0.615. The maximum absolute atomic E-state index is 12.5. The number of rotatable bonds is 6. The lowest BCUT2D eigenvalue weighted by molar-refractivity contribution is -0.383. The molecule has 2 aromatic heterocycles. The van der Waals surface area contributed by atoms with Gasteiger partial charge in [-0.15, -0.1) is 0 Å². The standard InChI is InChI=1S/C22H19N7O3/c1-13-6-3-4-7-15(13)22(30)28-27-21-19(29(31)32)20(23-12-24-21)26-18-9-5-8-17-16(18)11-10-14(2)25-17/h3-12H,1-2H3,(H,28,30)(H2,23,24,26,27). The Labute approximate surface area is 182 Å². The van der Waals surface area contributed by atoms with Crippen molar-refractivity contribution in [1.29, 1.82) is 0 Å². The normalized spacial score (nSPS) is 10.6. The molecule has 10 heteroatoms. The van der Waals surface area contributed by atoms with E-state index >= 15 is 0 Å². The van der Waals surface area contributed by atoms with Gasteiger partial charge in [0, 0.05) is 22.3 Å². The van der Waals surface area contributed by atoms with Crippen LogP contribution in [-0.2, 0) is 0 Å². The molecule has 0 saturated carbocycles. The summed E-state index contributed by atoms with van der Waals surface area (Å²) in [6.45, 7) is 3.68. The lowest BCUT2D eigenvalue weighted by Crippen LogP contribution is -2.30. The molecule has 2 aromatic carbocycles. The molecular formula is C22H19N7O3. The largest absolute Gasteiger partial charge is 0.355 e. The monoisotopic (exact) mass is 429 g/mol. The van der Waals surface area contributed by atoms with Crippen LogP contribution in [0.2, 0.25) is 0 Å². The minimum atomic E-state index is -0.613. The molecule has 4 aromatic rings. The zero-order valence-corrected chi connectivity index (χ0v) is 17.3. The fraction of sp³-hybridized carbons (Fsp3) is 0.0909. The second-order valence-electron chi connectivity index (χ2n) is 7.02. The van der Waals surface area contributed by atoms with E-state index in [1.54, 1.807) is 37.3 Å². The molecule has 0 saturated heterocycles. The van der Waals surface area contributed by atoms with Crippen molar-refractivity contribution in [2.45, 2.75) is 13.8 Å². The Hall–Kier alpha value is -4.60. The Bertz CT molecular complexity index is 1340. The van der Waals surface area contributed by atoms with Crippen LogP contribution in [0.4, 0.5) is 23.0 Å². The summed E-state index contributed by atoms with van der Waals surface area (Å²) in [6, 6.07) is 16.2. The average Bonchev–Trinajstić information content (AvgIpc) is 2.77. The molecule has 0 unspecified atom stereocenters. The van der Waals surface area contributed by atoms with Gasteiger partial charge in [-0.05, 0) is 49.7 Å². The van der Waals surface area contributed by atoms with Gasteiger partial charge >= 0.3 is 5.69 Å². The molecule has 1 amide bonds. The smallest absolute Gasteiger partial charge is 0.334 e. The van der Waals surface area contributed by atoms with Crippen LogP contribution in [0.1, 0.15) is 21.6 Å². The van der Waals surface area contributed by atoms with Crippen molar-refractivity contribution in [2.75, 3.05) is 10.7 Å². The third-order valence-electron chi connectivity index (χ3n) is 4.81. The number of carbonyl (C=O) groups excluding carboxylic acids is 1. The Morgan fingerprint density at radius 1 is 0.969 bits per heavy atom. The number of aromatic nitrogens is 3. The summed E-state index contributed by atoms with van der Waals surface area (Å²) in [7, 11) is 0. The molecule has 160 valence electrons.